The number of nitrogens with zero attached hydrogens (tertiary/aromatic N) is 1. The lowest BCUT2D eigenvalue weighted by atomic mass is 10.2. The van der Waals surface area contributed by atoms with Crippen molar-refractivity contribution >= 4 is 23.2 Å². The van der Waals surface area contributed by atoms with Gasteiger partial charge >= 0.3 is 0 Å². The number of carbonyl (C=O) groups excluding carboxylic acids is 2. The van der Waals surface area contributed by atoms with Crippen molar-refractivity contribution in [2.45, 2.75) is 19.4 Å². The molecule has 22 heavy (non-hydrogen) atoms. The van der Waals surface area contributed by atoms with Gasteiger partial charge in [0.05, 0.1) is 12.1 Å². The number of hydrogen-bond donors (Lipinski definition) is 1. The molecule has 2 aromatic rings. The molecule has 0 bridgehead atoms. The van der Waals surface area contributed by atoms with Crippen LogP contribution in [0.3, 0.4) is 0 Å². The van der Waals surface area contributed by atoms with Gasteiger partial charge in [-0.3, -0.25) is 9.59 Å². The topological polar surface area (TPSA) is 49.4 Å². The van der Waals surface area contributed by atoms with Crippen LogP contribution < -0.4 is 10.2 Å². The van der Waals surface area contributed by atoms with Crippen molar-refractivity contribution in [3.8, 4) is 0 Å². The summed E-state index contributed by atoms with van der Waals surface area (Å²) in [6.07, 6.45) is 0.0588. The summed E-state index contributed by atoms with van der Waals surface area (Å²) in [4.78, 5) is 25.6. The Morgan fingerprint density at radius 1 is 1.14 bits per heavy atom. The molecule has 1 N–H and O–H groups in total. The molecule has 1 aliphatic rings. The normalized spacial score (nSPS) is 17.9. The zero-order chi connectivity index (χ0) is 15.7. The molecule has 1 saturated heterocycles. The van der Waals surface area contributed by atoms with Gasteiger partial charge in [-0.2, -0.15) is 0 Å². The molecule has 0 aliphatic carbocycles. The van der Waals surface area contributed by atoms with Gasteiger partial charge in [-0.25, -0.2) is 9.29 Å². The Morgan fingerprint density at radius 2 is 1.91 bits per heavy atom. The molecule has 1 atom stereocenters. The maximum atomic E-state index is 13.3. The minimum atomic E-state index is -0.627. The number of imide groups is 1. The Balaban J connectivity index is 1.82. The lowest BCUT2D eigenvalue weighted by molar-refractivity contribution is -0.121. The highest BCUT2D eigenvalue weighted by Gasteiger charge is 2.39. The zero-order valence-corrected chi connectivity index (χ0v) is 12.0. The van der Waals surface area contributed by atoms with E-state index in [0.29, 0.717) is 0 Å². The molecule has 2 amide bonds. The fourth-order valence-electron chi connectivity index (χ4n) is 2.57. The van der Waals surface area contributed by atoms with Gasteiger partial charge in [0.2, 0.25) is 5.91 Å². The molecule has 3 rings (SSSR count). The first-order valence-corrected chi connectivity index (χ1v) is 7.00. The van der Waals surface area contributed by atoms with E-state index in [2.05, 4.69) is 5.32 Å². The third-order valence-electron chi connectivity index (χ3n) is 3.57. The van der Waals surface area contributed by atoms with Gasteiger partial charge in [0.1, 0.15) is 11.9 Å². The van der Waals surface area contributed by atoms with Gasteiger partial charge in [0, 0.05) is 5.69 Å². The van der Waals surface area contributed by atoms with Gasteiger partial charge < -0.3 is 5.32 Å². The number of aryl methyl sites for hydroxylation is 1. The number of nitrogens with one attached hydrogen (secondary N) is 1. The van der Waals surface area contributed by atoms with Crippen LogP contribution in [-0.2, 0) is 9.59 Å². The van der Waals surface area contributed by atoms with Crippen LogP contribution in [0.25, 0.3) is 0 Å². The Kier molecular flexibility index (Phi) is 3.63. The van der Waals surface area contributed by atoms with Crippen molar-refractivity contribution in [1.29, 1.82) is 0 Å². The molecule has 0 spiro atoms. The van der Waals surface area contributed by atoms with E-state index in [4.69, 9.17) is 0 Å². The fourth-order valence-corrected chi connectivity index (χ4v) is 2.57. The molecule has 0 aromatic heterocycles. The van der Waals surface area contributed by atoms with Gasteiger partial charge in [-0.05, 0) is 42.8 Å². The Morgan fingerprint density at radius 3 is 2.64 bits per heavy atom. The monoisotopic (exact) mass is 298 g/mol. The number of amides is 2. The Labute approximate surface area is 127 Å². The van der Waals surface area contributed by atoms with E-state index < -0.39 is 11.9 Å². The van der Waals surface area contributed by atoms with Crippen molar-refractivity contribution in [3.05, 3.63) is 59.9 Å². The predicted octanol–water partition coefficient (Wildman–Crippen LogP) is 2.88. The van der Waals surface area contributed by atoms with E-state index in [9.17, 15) is 14.0 Å². The largest absolute Gasteiger partial charge is 0.373 e. The Hall–Kier alpha value is -2.69. The molecular formula is C17H15FN2O2. The summed E-state index contributed by atoms with van der Waals surface area (Å²) in [5, 5.41) is 3.07. The summed E-state index contributed by atoms with van der Waals surface area (Å²) in [6, 6.07) is 12.4. The number of carbonyl (C=O) groups is 2. The number of anilines is 2. The van der Waals surface area contributed by atoms with Gasteiger partial charge in [-0.15, -0.1) is 0 Å². The first kappa shape index (κ1) is 14.3. The van der Waals surface area contributed by atoms with Crippen molar-refractivity contribution in [1.82, 2.24) is 0 Å². The third kappa shape index (κ3) is 2.70. The molecule has 112 valence electrons. The summed E-state index contributed by atoms with van der Waals surface area (Å²) in [5.74, 6) is -1.17. The van der Waals surface area contributed by atoms with Crippen LogP contribution in [0, 0.1) is 12.7 Å². The molecule has 0 unspecified atom stereocenters. The van der Waals surface area contributed by atoms with Crippen LogP contribution >= 0.6 is 0 Å². The minimum Gasteiger partial charge on any atom is -0.373 e. The zero-order valence-electron chi connectivity index (χ0n) is 12.0. The molecule has 1 fully saturated rings. The molecule has 0 saturated carbocycles. The molecule has 1 heterocycles. The average Bonchev–Trinajstić information content (AvgIpc) is 2.73. The number of benzene rings is 2. The quantitative estimate of drug-likeness (QED) is 0.886. The van der Waals surface area contributed by atoms with Crippen molar-refractivity contribution < 1.29 is 14.0 Å². The molecule has 4 nitrogen and oxygen atoms in total. The highest BCUT2D eigenvalue weighted by molar-refractivity contribution is 6.23. The van der Waals surface area contributed by atoms with Crippen LogP contribution in [0.5, 0.6) is 0 Å². The maximum Gasteiger partial charge on any atom is 0.256 e. The second-order valence-electron chi connectivity index (χ2n) is 5.32. The Bertz CT molecular complexity index is 745. The summed E-state index contributed by atoms with van der Waals surface area (Å²) in [6.45, 7) is 1.95. The maximum absolute atomic E-state index is 13.3. The van der Waals surface area contributed by atoms with E-state index in [-0.39, 0.29) is 23.9 Å². The van der Waals surface area contributed by atoms with Crippen molar-refractivity contribution in [2.75, 3.05) is 10.2 Å². The minimum absolute atomic E-state index is 0.0588. The van der Waals surface area contributed by atoms with Crippen LogP contribution in [0.4, 0.5) is 15.8 Å². The van der Waals surface area contributed by atoms with E-state index in [1.165, 1.54) is 18.2 Å². The second-order valence-corrected chi connectivity index (χ2v) is 5.32. The summed E-state index contributed by atoms with van der Waals surface area (Å²) in [5.41, 5.74) is 2.11. The van der Waals surface area contributed by atoms with E-state index in [1.54, 1.807) is 6.07 Å². The van der Waals surface area contributed by atoms with E-state index in [1.807, 2.05) is 31.2 Å². The molecule has 2 aromatic carbocycles. The van der Waals surface area contributed by atoms with Crippen LogP contribution in [0.15, 0.2) is 48.5 Å². The van der Waals surface area contributed by atoms with Crippen LogP contribution in [0.2, 0.25) is 0 Å². The van der Waals surface area contributed by atoms with Crippen molar-refractivity contribution in [3.63, 3.8) is 0 Å². The van der Waals surface area contributed by atoms with Crippen molar-refractivity contribution in [2.24, 2.45) is 0 Å². The highest BCUT2D eigenvalue weighted by atomic mass is 19.1. The number of rotatable bonds is 3. The lowest BCUT2D eigenvalue weighted by Gasteiger charge is -2.16. The van der Waals surface area contributed by atoms with Crippen LogP contribution in [-0.4, -0.2) is 17.9 Å². The number of halogens is 1. The predicted molar refractivity (Wildman–Crippen MR) is 82.1 cm³/mol. The van der Waals surface area contributed by atoms with Gasteiger partial charge in [-0.1, -0.05) is 18.2 Å². The van der Waals surface area contributed by atoms with E-state index in [0.717, 1.165) is 16.2 Å². The first-order valence-electron chi connectivity index (χ1n) is 7.00. The SMILES string of the molecule is Cc1cccc(N[C@H]2CC(=O)N(c3cccc(F)c3)C2=O)c1. The second kappa shape index (κ2) is 5.60. The fraction of sp³-hybridized carbons (Fsp3) is 0.176. The van der Waals surface area contributed by atoms with Gasteiger partial charge in [0.15, 0.2) is 0 Å². The molecule has 0 radical (unpaired) electrons. The summed E-state index contributed by atoms with van der Waals surface area (Å²) < 4.78 is 13.3. The standard InChI is InChI=1S/C17H15FN2O2/c1-11-4-2-6-13(8-11)19-15-10-16(21)20(17(15)22)14-7-3-5-12(18)9-14/h2-9,15,19H,10H2,1H3/t15-/m0/s1. The third-order valence-corrected chi connectivity index (χ3v) is 3.57. The highest BCUT2D eigenvalue weighted by Crippen LogP contribution is 2.25. The molecule has 5 heteroatoms. The summed E-state index contributed by atoms with van der Waals surface area (Å²) in [7, 11) is 0. The molecular weight excluding hydrogens is 283 g/mol. The number of hydrogen-bond acceptors (Lipinski definition) is 3. The average molecular weight is 298 g/mol. The van der Waals surface area contributed by atoms with E-state index >= 15 is 0 Å². The lowest BCUT2D eigenvalue weighted by Crippen LogP contribution is -2.34. The van der Waals surface area contributed by atoms with Crippen LogP contribution in [0.1, 0.15) is 12.0 Å². The molecule has 1 aliphatic heterocycles. The summed E-state index contributed by atoms with van der Waals surface area (Å²) >= 11 is 0. The smallest absolute Gasteiger partial charge is 0.256 e. The van der Waals surface area contributed by atoms with Gasteiger partial charge in [0.25, 0.3) is 5.91 Å². The first-order chi connectivity index (χ1) is 10.5.